The van der Waals surface area contributed by atoms with E-state index in [9.17, 15) is 9.59 Å². The molecule has 0 aliphatic heterocycles. The maximum atomic E-state index is 10.8. The van der Waals surface area contributed by atoms with Crippen LogP contribution in [0, 0.1) is 5.92 Å². The minimum absolute atomic E-state index is 0.418. The zero-order valence-electron chi connectivity index (χ0n) is 15.4. The number of carboxylic acids is 2. The summed E-state index contributed by atoms with van der Waals surface area (Å²) in [7, 11) is 0. The molecule has 0 unspecified atom stereocenters. The molecule has 0 amide bonds. The van der Waals surface area contributed by atoms with Crippen molar-refractivity contribution in [2.24, 2.45) is 17.4 Å². The number of carboxylic acid groups (broad SMARTS) is 2. The summed E-state index contributed by atoms with van der Waals surface area (Å²) in [6.07, 6.45) is 3.21. The monoisotopic (exact) mass is 352 g/mol. The molecule has 0 spiro atoms. The van der Waals surface area contributed by atoms with Gasteiger partial charge in [-0.1, -0.05) is 44.5 Å². The highest BCUT2D eigenvalue weighted by atomic mass is 16.4. The molecule has 0 saturated heterocycles. The molecular formula is C19H32N2O4. The van der Waals surface area contributed by atoms with Gasteiger partial charge in [0.25, 0.3) is 0 Å². The van der Waals surface area contributed by atoms with E-state index < -0.39 is 23.9 Å². The molecule has 25 heavy (non-hydrogen) atoms. The summed E-state index contributed by atoms with van der Waals surface area (Å²) in [5.41, 5.74) is 12.6. The SMILES string of the molecule is CC(C)Cc1ccc([C@@H](C)C(=O)O)cc1.NCCCC[C@@H](N)C(=O)O. The van der Waals surface area contributed by atoms with Crippen LogP contribution in [0.25, 0.3) is 0 Å². The number of benzene rings is 1. The lowest BCUT2D eigenvalue weighted by Crippen LogP contribution is -2.29. The van der Waals surface area contributed by atoms with Gasteiger partial charge in [0, 0.05) is 0 Å². The summed E-state index contributed by atoms with van der Waals surface area (Å²) in [5, 5.41) is 17.2. The summed E-state index contributed by atoms with van der Waals surface area (Å²) in [6, 6.07) is 7.16. The van der Waals surface area contributed by atoms with Gasteiger partial charge in [-0.15, -0.1) is 0 Å². The molecule has 2 atom stereocenters. The average molecular weight is 352 g/mol. The summed E-state index contributed by atoms with van der Waals surface area (Å²) in [6.45, 7) is 6.66. The third kappa shape index (κ3) is 10.5. The first-order valence-corrected chi connectivity index (χ1v) is 8.69. The van der Waals surface area contributed by atoms with Gasteiger partial charge in [-0.25, -0.2) is 0 Å². The number of hydrogen-bond acceptors (Lipinski definition) is 4. The molecule has 6 N–H and O–H groups in total. The Labute approximate surface area is 150 Å². The standard InChI is InChI=1S/C13H18O2.C6H14N2O2/c1-9(2)8-11-4-6-12(7-5-11)10(3)13(14)15;7-4-2-1-3-5(8)6(9)10/h4-7,9-10H,8H2,1-3H3,(H,14,15);5H,1-4,7-8H2,(H,9,10)/t10-;5-/m11/s1. The second kappa shape index (κ2) is 12.4. The Balaban J connectivity index is 0.000000504. The van der Waals surface area contributed by atoms with Crippen molar-refractivity contribution in [3.63, 3.8) is 0 Å². The summed E-state index contributed by atoms with van der Waals surface area (Å²) < 4.78 is 0. The van der Waals surface area contributed by atoms with E-state index in [2.05, 4.69) is 13.8 Å². The highest BCUT2D eigenvalue weighted by Crippen LogP contribution is 2.17. The van der Waals surface area contributed by atoms with E-state index in [-0.39, 0.29) is 0 Å². The molecule has 6 heteroatoms. The summed E-state index contributed by atoms with van der Waals surface area (Å²) >= 11 is 0. The smallest absolute Gasteiger partial charge is 0.320 e. The van der Waals surface area contributed by atoms with Crippen LogP contribution in [-0.2, 0) is 16.0 Å². The van der Waals surface area contributed by atoms with E-state index in [1.807, 2.05) is 24.3 Å². The van der Waals surface area contributed by atoms with Crippen LogP contribution in [0.15, 0.2) is 24.3 Å². The second-order valence-electron chi connectivity index (χ2n) is 6.63. The number of rotatable bonds is 9. The van der Waals surface area contributed by atoms with Gasteiger partial charge in [-0.3, -0.25) is 9.59 Å². The molecule has 0 aliphatic carbocycles. The zero-order chi connectivity index (χ0) is 19.4. The minimum Gasteiger partial charge on any atom is -0.481 e. The van der Waals surface area contributed by atoms with E-state index in [0.717, 1.165) is 24.8 Å². The van der Waals surface area contributed by atoms with Crippen molar-refractivity contribution in [1.82, 2.24) is 0 Å². The van der Waals surface area contributed by atoms with E-state index in [0.29, 0.717) is 18.9 Å². The van der Waals surface area contributed by atoms with Gasteiger partial charge < -0.3 is 21.7 Å². The van der Waals surface area contributed by atoms with Crippen LogP contribution in [0.2, 0.25) is 0 Å². The van der Waals surface area contributed by atoms with E-state index >= 15 is 0 Å². The molecule has 0 fully saturated rings. The number of hydrogen-bond donors (Lipinski definition) is 4. The van der Waals surface area contributed by atoms with Gasteiger partial charge in [0.2, 0.25) is 0 Å². The van der Waals surface area contributed by atoms with Gasteiger partial charge in [0.1, 0.15) is 6.04 Å². The first-order chi connectivity index (χ1) is 11.7. The molecular weight excluding hydrogens is 320 g/mol. The fraction of sp³-hybridized carbons (Fsp3) is 0.579. The van der Waals surface area contributed by atoms with E-state index in [1.54, 1.807) is 6.92 Å². The molecule has 1 rings (SSSR count). The van der Waals surface area contributed by atoms with Crippen molar-refractivity contribution in [2.45, 2.75) is 58.4 Å². The molecule has 0 aromatic heterocycles. The van der Waals surface area contributed by atoms with Gasteiger partial charge in [-0.2, -0.15) is 0 Å². The van der Waals surface area contributed by atoms with Crippen LogP contribution < -0.4 is 11.5 Å². The third-order valence-electron chi connectivity index (χ3n) is 3.78. The first-order valence-electron chi connectivity index (χ1n) is 8.69. The van der Waals surface area contributed by atoms with Crippen LogP contribution in [-0.4, -0.2) is 34.7 Å². The normalized spacial score (nSPS) is 12.9. The number of carbonyl (C=O) groups is 2. The van der Waals surface area contributed by atoms with Crippen molar-refractivity contribution in [2.75, 3.05) is 6.54 Å². The Morgan fingerprint density at radius 1 is 1.00 bits per heavy atom. The van der Waals surface area contributed by atoms with Crippen molar-refractivity contribution in [3.8, 4) is 0 Å². The molecule has 0 aliphatic rings. The third-order valence-corrected chi connectivity index (χ3v) is 3.78. The van der Waals surface area contributed by atoms with Crippen molar-refractivity contribution >= 4 is 11.9 Å². The highest BCUT2D eigenvalue weighted by Gasteiger charge is 2.13. The van der Waals surface area contributed by atoms with Gasteiger partial charge in [0.15, 0.2) is 0 Å². The lowest BCUT2D eigenvalue weighted by Gasteiger charge is -2.09. The summed E-state index contributed by atoms with van der Waals surface area (Å²) in [5.74, 6) is -1.49. The van der Waals surface area contributed by atoms with Crippen molar-refractivity contribution in [3.05, 3.63) is 35.4 Å². The predicted molar refractivity (Wildman–Crippen MR) is 99.6 cm³/mol. The van der Waals surface area contributed by atoms with Crippen LogP contribution in [0.3, 0.4) is 0 Å². The number of nitrogens with two attached hydrogens (primary N) is 2. The minimum atomic E-state index is -0.933. The fourth-order valence-corrected chi connectivity index (χ4v) is 2.19. The van der Waals surface area contributed by atoms with Gasteiger partial charge >= 0.3 is 11.9 Å². The molecule has 142 valence electrons. The largest absolute Gasteiger partial charge is 0.481 e. The first kappa shape index (κ1) is 23.1. The fourth-order valence-electron chi connectivity index (χ4n) is 2.19. The highest BCUT2D eigenvalue weighted by molar-refractivity contribution is 5.75. The van der Waals surface area contributed by atoms with Gasteiger partial charge in [0.05, 0.1) is 5.92 Å². The molecule has 1 aromatic rings. The van der Waals surface area contributed by atoms with E-state index in [4.69, 9.17) is 21.7 Å². The number of aliphatic carboxylic acids is 2. The predicted octanol–water partition coefficient (Wildman–Crippen LogP) is 2.60. The lowest BCUT2D eigenvalue weighted by atomic mass is 9.97. The van der Waals surface area contributed by atoms with Crippen molar-refractivity contribution in [1.29, 1.82) is 0 Å². The van der Waals surface area contributed by atoms with E-state index in [1.165, 1.54) is 5.56 Å². The quantitative estimate of drug-likeness (QED) is 0.506. The number of unbranched alkanes of at least 4 members (excludes halogenated alkanes) is 1. The molecule has 6 nitrogen and oxygen atoms in total. The Bertz CT molecular complexity index is 515. The Morgan fingerprint density at radius 3 is 1.96 bits per heavy atom. The lowest BCUT2D eigenvalue weighted by molar-refractivity contribution is -0.139. The Kier molecular flexibility index (Phi) is 11.5. The summed E-state index contributed by atoms with van der Waals surface area (Å²) in [4.78, 5) is 20.9. The maximum Gasteiger partial charge on any atom is 0.320 e. The molecule has 1 aromatic carbocycles. The zero-order valence-corrected chi connectivity index (χ0v) is 15.4. The Morgan fingerprint density at radius 2 is 1.56 bits per heavy atom. The molecule has 0 bridgehead atoms. The molecule has 0 saturated carbocycles. The van der Waals surface area contributed by atoms with Crippen LogP contribution in [0.5, 0.6) is 0 Å². The van der Waals surface area contributed by atoms with Crippen molar-refractivity contribution < 1.29 is 19.8 Å². The molecule has 0 heterocycles. The average Bonchev–Trinajstić information content (AvgIpc) is 2.55. The Hall–Kier alpha value is -1.92. The van der Waals surface area contributed by atoms with Crippen LogP contribution in [0.1, 0.15) is 57.1 Å². The second-order valence-corrected chi connectivity index (χ2v) is 6.63. The van der Waals surface area contributed by atoms with Crippen LogP contribution >= 0.6 is 0 Å². The molecule has 0 radical (unpaired) electrons. The topological polar surface area (TPSA) is 127 Å². The van der Waals surface area contributed by atoms with Gasteiger partial charge in [-0.05, 0) is 49.8 Å². The maximum absolute atomic E-state index is 10.8. The van der Waals surface area contributed by atoms with Crippen LogP contribution in [0.4, 0.5) is 0 Å².